The average molecular weight is 305 g/mol. The maximum Gasteiger partial charge on any atom is 0.319 e. The highest BCUT2D eigenvalue weighted by Gasteiger charge is 2.15. The third-order valence-electron chi connectivity index (χ3n) is 3.83. The SMILES string of the molecule is CN(C)CCNc1ccc(NC(=O)NC2CCCCC2)cn1. The number of pyridine rings is 1. The number of carbonyl (C=O) groups excluding carboxylic acids is 1. The van der Waals surface area contributed by atoms with Crippen molar-refractivity contribution in [3.63, 3.8) is 0 Å². The molecule has 122 valence electrons. The van der Waals surface area contributed by atoms with Gasteiger partial charge in [-0.25, -0.2) is 9.78 Å². The van der Waals surface area contributed by atoms with Crippen LogP contribution in [-0.2, 0) is 0 Å². The minimum absolute atomic E-state index is 0.137. The molecule has 1 aromatic heterocycles. The zero-order chi connectivity index (χ0) is 15.8. The van der Waals surface area contributed by atoms with Crippen LogP contribution in [0.25, 0.3) is 0 Å². The molecule has 22 heavy (non-hydrogen) atoms. The van der Waals surface area contributed by atoms with Crippen molar-refractivity contribution in [2.45, 2.75) is 38.1 Å². The van der Waals surface area contributed by atoms with Gasteiger partial charge in [0.25, 0.3) is 0 Å². The molecule has 3 N–H and O–H groups in total. The number of amides is 2. The Balaban J connectivity index is 1.74. The first kappa shape index (κ1) is 16.5. The number of likely N-dealkylation sites (N-methyl/N-ethyl adjacent to an activating group) is 1. The van der Waals surface area contributed by atoms with Crippen molar-refractivity contribution in [1.29, 1.82) is 0 Å². The van der Waals surface area contributed by atoms with Crippen LogP contribution in [0.15, 0.2) is 18.3 Å². The van der Waals surface area contributed by atoms with Crippen LogP contribution in [0.3, 0.4) is 0 Å². The van der Waals surface area contributed by atoms with E-state index in [9.17, 15) is 4.79 Å². The van der Waals surface area contributed by atoms with Crippen molar-refractivity contribution in [2.75, 3.05) is 37.8 Å². The van der Waals surface area contributed by atoms with Crippen molar-refractivity contribution < 1.29 is 4.79 Å². The fourth-order valence-electron chi connectivity index (χ4n) is 2.58. The zero-order valence-corrected chi connectivity index (χ0v) is 13.6. The Morgan fingerprint density at radius 2 is 2.05 bits per heavy atom. The van der Waals surface area contributed by atoms with E-state index in [-0.39, 0.29) is 6.03 Å². The zero-order valence-electron chi connectivity index (χ0n) is 13.6. The summed E-state index contributed by atoms with van der Waals surface area (Å²) in [6, 6.07) is 3.92. The Morgan fingerprint density at radius 3 is 2.68 bits per heavy atom. The monoisotopic (exact) mass is 305 g/mol. The van der Waals surface area contributed by atoms with Gasteiger partial charge in [-0.1, -0.05) is 19.3 Å². The summed E-state index contributed by atoms with van der Waals surface area (Å²) in [4.78, 5) is 18.4. The van der Waals surface area contributed by atoms with E-state index < -0.39 is 0 Å². The molecule has 0 bridgehead atoms. The van der Waals surface area contributed by atoms with Crippen LogP contribution in [0.4, 0.5) is 16.3 Å². The van der Waals surface area contributed by atoms with Crippen LogP contribution in [0.2, 0.25) is 0 Å². The Labute approximate surface area is 132 Å². The number of urea groups is 1. The van der Waals surface area contributed by atoms with Crippen molar-refractivity contribution in [2.24, 2.45) is 0 Å². The summed E-state index contributed by atoms with van der Waals surface area (Å²) in [6.07, 6.45) is 7.55. The lowest BCUT2D eigenvalue weighted by atomic mass is 9.96. The molecule has 2 amide bonds. The molecule has 0 radical (unpaired) electrons. The molecule has 1 saturated carbocycles. The number of hydrogen-bond donors (Lipinski definition) is 3. The quantitative estimate of drug-likeness (QED) is 0.755. The summed E-state index contributed by atoms with van der Waals surface area (Å²) < 4.78 is 0. The third-order valence-corrected chi connectivity index (χ3v) is 3.83. The number of nitrogens with zero attached hydrogens (tertiary/aromatic N) is 2. The van der Waals surface area contributed by atoms with Crippen LogP contribution in [0.5, 0.6) is 0 Å². The van der Waals surface area contributed by atoms with E-state index >= 15 is 0 Å². The molecule has 1 heterocycles. The van der Waals surface area contributed by atoms with Gasteiger partial charge in [-0.15, -0.1) is 0 Å². The first-order valence-electron chi connectivity index (χ1n) is 8.05. The van der Waals surface area contributed by atoms with Gasteiger partial charge in [0.15, 0.2) is 0 Å². The molecule has 2 rings (SSSR count). The predicted molar refractivity (Wildman–Crippen MR) is 90.3 cm³/mol. The molecule has 0 spiro atoms. The molecule has 0 atom stereocenters. The van der Waals surface area contributed by atoms with E-state index in [1.54, 1.807) is 6.20 Å². The molecule has 6 heteroatoms. The van der Waals surface area contributed by atoms with Gasteiger partial charge in [-0.2, -0.15) is 0 Å². The number of hydrogen-bond acceptors (Lipinski definition) is 4. The van der Waals surface area contributed by atoms with Crippen LogP contribution in [0.1, 0.15) is 32.1 Å². The van der Waals surface area contributed by atoms with Gasteiger partial charge in [0.05, 0.1) is 11.9 Å². The maximum atomic E-state index is 11.9. The van der Waals surface area contributed by atoms with Crippen molar-refractivity contribution in [3.05, 3.63) is 18.3 Å². The minimum atomic E-state index is -0.137. The van der Waals surface area contributed by atoms with Crippen LogP contribution in [-0.4, -0.2) is 49.1 Å². The highest BCUT2D eigenvalue weighted by Crippen LogP contribution is 2.17. The Kier molecular flexibility index (Phi) is 6.45. The summed E-state index contributed by atoms with van der Waals surface area (Å²) in [5.74, 6) is 0.820. The lowest BCUT2D eigenvalue weighted by Gasteiger charge is -2.22. The van der Waals surface area contributed by atoms with E-state index in [0.717, 1.165) is 31.7 Å². The molecular weight excluding hydrogens is 278 g/mol. The molecule has 1 aliphatic rings. The Bertz CT molecular complexity index is 454. The normalized spacial score (nSPS) is 15.6. The lowest BCUT2D eigenvalue weighted by Crippen LogP contribution is -2.39. The lowest BCUT2D eigenvalue weighted by molar-refractivity contribution is 0.244. The first-order chi connectivity index (χ1) is 10.6. The molecule has 0 aliphatic heterocycles. The number of carbonyl (C=O) groups is 1. The first-order valence-corrected chi connectivity index (χ1v) is 8.05. The number of anilines is 2. The van der Waals surface area contributed by atoms with E-state index in [2.05, 4.69) is 25.8 Å². The van der Waals surface area contributed by atoms with Gasteiger partial charge in [0.1, 0.15) is 5.82 Å². The third kappa shape index (κ3) is 5.89. The van der Waals surface area contributed by atoms with Gasteiger partial charge in [0.2, 0.25) is 0 Å². The van der Waals surface area contributed by atoms with E-state index in [0.29, 0.717) is 11.7 Å². The smallest absolute Gasteiger partial charge is 0.319 e. The number of rotatable bonds is 6. The number of nitrogens with one attached hydrogen (secondary N) is 3. The van der Waals surface area contributed by atoms with E-state index in [4.69, 9.17) is 0 Å². The van der Waals surface area contributed by atoms with Crippen LogP contribution < -0.4 is 16.0 Å². The van der Waals surface area contributed by atoms with Crippen molar-refractivity contribution in [3.8, 4) is 0 Å². The molecule has 6 nitrogen and oxygen atoms in total. The topological polar surface area (TPSA) is 69.3 Å². The molecule has 0 aromatic carbocycles. The van der Waals surface area contributed by atoms with Gasteiger partial charge in [-0.05, 0) is 39.1 Å². The van der Waals surface area contributed by atoms with Crippen molar-refractivity contribution in [1.82, 2.24) is 15.2 Å². The van der Waals surface area contributed by atoms with Crippen molar-refractivity contribution >= 4 is 17.5 Å². The van der Waals surface area contributed by atoms with E-state index in [1.165, 1.54) is 19.3 Å². The molecule has 0 saturated heterocycles. The molecule has 0 unspecified atom stereocenters. The largest absolute Gasteiger partial charge is 0.369 e. The second-order valence-electron chi connectivity index (χ2n) is 6.10. The molecule has 1 fully saturated rings. The average Bonchev–Trinajstić information content (AvgIpc) is 2.49. The summed E-state index contributed by atoms with van der Waals surface area (Å²) in [6.45, 7) is 1.79. The maximum absolute atomic E-state index is 11.9. The summed E-state index contributed by atoms with van der Waals surface area (Å²) in [5, 5.41) is 9.11. The molecular formula is C16H27N5O. The fourth-order valence-corrected chi connectivity index (χ4v) is 2.58. The number of aromatic nitrogens is 1. The highest BCUT2D eigenvalue weighted by atomic mass is 16.2. The highest BCUT2D eigenvalue weighted by molar-refractivity contribution is 5.89. The predicted octanol–water partition coefficient (Wildman–Crippen LogP) is 2.51. The Morgan fingerprint density at radius 1 is 1.27 bits per heavy atom. The van der Waals surface area contributed by atoms with Gasteiger partial charge in [-0.3, -0.25) is 0 Å². The summed E-state index contributed by atoms with van der Waals surface area (Å²) in [5.41, 5.74) is 0.714. The van der Waals surface area contributed by atoms with Gasteiger partial charge < -0.3 is 20.9 Å². The van der Waals surface area contributed by atoms with Crippen LogP contribution >= 0.6 is 0 Å². The van der Waals surface area contributed by atoms with Gasteiger partial charge in [0, 0.05) is 19.1 Å². The summed E-state index contributed by atoms with van der Waals surface area (Å²) in [7, 11) is 4.07. The summed E-state index contributed by atoms with van der Waals surface area (Å²) >= 11 is 0. The minimum Gasteiger partial charge on any atom is -0.369 e. The van der Waals surface area contributed by atoms with Crippen LogP contribution in [0, 0.1) is 0 Å². The molecule has 1 aromatic rings. The second kappa shape index (κ2) is 8.58. The second-order valence-corrected chi connectivity index (χ2v) is 6.10. The fraction of sp³-hybridized carbons (Fsp3) is 0.625. The standard InChI is InChI=1S/C16H27N5O/c1-21(2)11-10-17-15-9-8-14(12-18-15)20-16(22)19-13-6-4-3-5-7-13/h8-9,12-13H,3-7,10-11H2,1-2H3,(H,17,18)(H2,19,20,22). The van der Waals surface area contributed by atoms with Gasteiger partial charge >= 0.3 is 6.03 Å². The van der Waals surface area contributed by atoms with E-state index in [1.807, 2.05) is 26.2 Å². The Hall–Kier alpha value is -1.82. The molecule has 1 aliphatic carbocycles.